The summed E-state index contributed by atoms with van der Waals surface area (Å²) in [6, 6.07) is 21.4. The van der Waals surface area contributed by atoms with Crippen LogP contribution in [-0.4, -0.2) is 28.7 Å². The standard InChI is InChI=1S/C20H29NOSi/c1-2-3-16-21-17-10-11-18-22-23(19-12-6-4-7-13-19)20-14-8-5-9-15-20/h4-9,12-15,21,23H,2-3,10-11,16-18H2,1H3. The highest BCUT2D eigenvalue weighted by Gasteiger charge is 2.16. The van der Waals surface area contributed by atoms with E-state index >= 15 is 0 Å². The van der Waals surface area contributed by atoms with E-state index in [1.54, 1.807) is 0 Å². The molecule has 0 heterocycles. The largest absolute Gasteiger partial charge is 0.411 e. The molecule has 0 unspecified atom stereocenters. The van der Waals surface area contributed by atoms with Crippen LogP contribution in [-0.2, 0) is 4.43 Å². The first-order chi connectivity index (χ1) is 11.4. The highest BCUT2D eigenvalue weighted by molar-refractivity contribution is 6.80. The van der Waals surface area contributed by atoms with Crippen LogP contribution in [0.3, 0.4) is 0 Å². The first-order valence-corrected chi connectivity index (χ1v) is 10.5. The van der Waals surface area contributed by atoms with Gasteiger partial charge in [-0.15, -0.1) is 0 Å². The molecule has 2 aromatic rings. The molecule has 0 radical (unpaired) electrons. The highest BCUT2D eigenvalue weighted by Crippen LogP contribution is 1.97. The molecule has 0 aliphatic carbocycles. The van der Waals surface area contributed by atoms with E-state index in [4.69, 9.17) is 4.43 Å². The molecule has 0 spiro atoms. The van der Waals surface area contributed by atoms with Crippen LogP contribution in [0.5, 0.6) is 0 Å². The van der Waals surface area contributed by atoms with E-state index in [1.165, 1.54) is 29.6 Å². The molecule has 0 aliphatic rings. The maximum Gasteiger partial charge on any atom is 0.239 e. The fourth-order valence-corrected chi connectivity index (χ4v) is 4.94. The zero-order chi connectivity index (χ0) is 16.2. The average molecular weight is 328 g/mol. The number of hydrogen-bond acceptors (Lipinski definition) is 2. The molecule has 0 aromatic heterocycles. The summed E-state index contributed by atoms with van der Waals surface area (Å²) >= 11 is 0. The molecule has 0 bridgehead atoms. The van der Waals surface area contributed by atoms with Gasteiger partial charge in [0.15, 0.2) is 0 Å². The first-order valence-electron chi connectivity index (χ1n) is 8.84. The molecule has 0 saturated heterocycles. The molecule has 2 rings (SSSR count). The summed E-state index contributed by atoms with van der Waals surface area (Å²) in [6.45, 7) is 5.33. The number of unbranched alkanes of at least 4 members (excludes halogenated alkanes) is 2. The van der Waals surface area contributed by atoms with Crippen molar-refractivity contribution in [3.05, 3.63) is 60.7 Å². The van der Waals surface area contributed by atoms with E-state index in [-0.39, 0.29) is 0 Å². The molecule has 0 amide bonds. The van der Waals surface area contributed by atoms with Gasteiger partial charge in [-0.1, -0.05) is 74.0 Å². The van der Waals surface area contributed by atoms with Crippen LogP contribution >= 0.6 is 0 Å². The quantitative estimate of drug-likeness (QED) is 0.506. The van der Waals surface area contributed by atoms with E-state index in [2.05, 4.69) is 72.9 Å². The Hall–Kier alpha value is -1.42. The number of hydrogen-bond donors (Lipinski definition) is 1. The Balaban J connectivity index is 1.80. The topological polar surface area (TPSA) is 21.3 Å². The third kappa shape index (κ3) is 6.69. The summed E-state index contributed by atoms with van der Waals surface area (Å²) in [5, 5.41) is 6.22. The lowest BCUT2D eigenvalue weighted by Crippen LogP contribution is -2.45. The number of rotatable bonds is 11. The van der Waals surface area contributed by atoms with Crippen LogP contribution in [0.2, 0.25) is 0 Å². The second-order valence-corrected chi connectivity index (χ2v) is 8.31. The van der Waals surface area contributed by atoms with E-state index in [0.29, 0.717) is 0 Å². The lowest BCUT2D eigenvalue weighted by atomic mass is 10.3. The zero-order valence-corrected chi connectivity index (χ0v) is 15.4. The lowest BCUT2D eigenvalue weighted by molar-refractivity contribution is 0.319. The van der Waals surface area contributed by atoms with Crippen LogP contribution < -0.4 is 15.7 Å². The maximum atomic E-state index is 6.35. The van der Waals surface area contributed by atoms with Gasteiger partial charge in [0, 0.05) is 6.61 Å². The molecule has 0 fully saturated rings. The molecule has 3 heteroatoms. The summed E-state index contributed by atoms with van der Waals surface area (Å²) < 4.78 is 6.35. The van der Waals surface area contributed by atoms with E-state index in [1.807, 2.05) is 0 Å². The summed E-state index contributed by atoms with van der Waals surface area (Å²) in [7, 11) is -1.54. The van der Waals surface area contributed by atoms with Gasteiger partial charge in [0.2, 0.25) is 9.04 Å². The fourth-order valence-electron chi connectivity index (χ4n) is 2.62. The Labute approximate surface area is 142 Å². The van der Waals surface area contributed by atoms with Crippen LogP contribution in [0, 0.1) is 0 Å². The van der Waals surface area contributed by atoms with Gasteiger partial charge in [-0.3, -0.25) is 0 Å². The van der Waals surface area contributed by atoms with Crippen molar-refractivity contribution in [3.8, 4) is 0 Å². The van der Waals surface area contributed by atoms with Crippen molar-refractivity contribution >= 4 is 19.4 Å². The van der Waals surface area contributed by atoms with E-state index < -0.39 is 9.04 Å². The van der Waals surface area contributed by atoms with Crippen LogP contribution in [0.1, 0.15) is 32.6 Å². The molecule has 0 aliphatic heterocycles. The fraction of sp³-hybridized carbons (Fsp3) is 0.400. The van der Waals surface area contributed by atoms with Crippen molar-refractivity contribution in [1.82, 2.24) is 5.32 Å². The highest BCUT2D eigenvalue weighted by atomic mass is 28.3. The van der Waals surface area contributed by atoms with Gasteiger partial charge in [-0.25, -0.2) is 0 Å². The van der Waals surface area contributed by atoms with Crippen molar-refractivity contribution in [2.75, 3.05) is 19.7 Å². The van der Waals surface area contributed by atoms with Crippen LogP contribution in [0.15, 0.2) is 60.7 Å². The molecule has 124 valence electrons. The lowest BCUT2D eigenvalue weighted by Gasteiger charge is -2.17. The van der Waals surface area contributed by atoms with Crippen LogP contribution in [0.4, 0.5) is 0 Å². The number of benzene rings is 2. The maximum absolute atomic E-state index is 6.35. The van der Waals surface area contributed by atoms with Gasteiger partial charge < -0.3 is 9.74 Å². The minimum atomic E-state index is -1.54. The minimum Gasteiger partial charge on any atom is -0.411 e. The zero-order valence-electron chi connectivity index (χ0n) is 14.2. The Bertz CT molecular complexity index is 478. The molecular weight excluding hydrogens is 298 g/mol. The molecular formula is C20H29NOSi. The average Bonchev–Trinajstić information content (AvgIpc) is 2.62. The predicted molar refractivity (Wildman–Crippen MR) is 102 cm³/mol. The van der Waals surface area contributed by atoms with Crippen molar-refractivity contribution < 1.29 is 4.43 Å². The van der Waals surface area contributed by atoms with E-state index in [9.17, 15) is 0 Å². The first kappa shape index (κ1) is 17.9. The minimum absolute atomic E-state index is 0.857. The third-order valence-electron chi connectivity index (χ3n) is 3.94. The second-order valence-electron chi connectivity index (χ2n) is 5.88. The molecule has 0 saturated carbocycles. The predicted octanol–water partition coefficient (Wildman–Crippen LogP) is 2.71. The van der Waals surface area contributed by atoms with Crippen molar-refractivity contribution in [2.45, 2.75) is 32.6 Å². The van der Waals surface area contributed by atoms with Crippen molar-refractivity contribution in [3.63, 3.8) is 0 Å². The molecule has 2 aromatic carbocycles. The summed E-state index contributed by atoms with van der Waals surface area (Å²) in [5.74, 6) is 0. The normalized spacial score (nSPS) is 11.0. The van der Waals surface area contributed by atoms with Gasteiger partial charge in [-0.2, -0.15) is 0 Å². The molecule has 1 N–H and O–H groups in total. The Morgan fingerprint density at radius 3 is 1.91 bits per heavy atom. The van der Waals surface area contributed by atoms with Crippen molar-refractivity contribution in [1.29, 1.82) is 0 Å². The molecule has 0 atom stereocenters. The second kappa shape index (κ2) is 11.2. The monoisotopic (exact) mass is 327 g/mol. The Morgan fingerprint density at radius 2 is 1.35 bits per heavy atom. The Kier molecular flexibility index (Phi) is 8.70. The summed E-state index contributed by atoms with van der Waals surface area (Å²) in [6.07, 6.45) is 4.85. The summed E-state index contributed by atoms with van der Waals surface area (Å²) in [4.78, 5) is 0. The van der Waals surface area contributed by atoms with Crippen LogP contribution in [0.25, 0.3) is 0 Å². The molecule has 2 nitrogen and oxygen atoms in total. The third-order valence-corrected chi connectivity index (χ3v) is 6.49. The van der Waals surface area contributed by atoms with Gasteiger partial charge in [0.1, 0.15) is 0 Å². The van der Waals surface area contributed by atoms with Gasteiger partial charge in [0.05, 0.1) is 0 Å². The Morgan fingerprint density at radius 1 is 0.783 bits per heavy atom. The van der Waals surface area contributed by atoms with Gasteiger partial charge in [-0.05, 0) is 42.7 Å². The van der Waals surface area contributed by atoms with Gasteiger partial charge >= 0.3 is 0 Å². The van der Waals surface area contributed by atoms with Gasteiger partial charge in [0.25, 0.3) is 0 Å². The SMILES string of the molecule is CCCCNCCCCO[SiH](c1ccccc1)c1ccccc1. The van der Waals surface area contributed by atoms with E-state index in [0.717, 1.165) is 26.1 Å². The smallest absolute Gasteiger partial charge is 0.239 e. The molecule has 23 heavy (non-hydrogen) atoms. The summed E-state index contributed by atoms with van der Waals surface area (Å²) in [5.41, 5.74) is 0. The van der Waals surface area contributed by atoms with Crippen molar-refractivity contribution in [2.24, 2.45) is 0 Å². The number of nitrogens with one attached hydrogen (secondary N) is 1.